The number of fused-ring (bicyclic) bond motifs is 1. The van der Waals surface area contributed by atoms with Crippen molar-refractivity contribution in [3.63, 3.8) is 0 Å². The van der Waals surface area contributed by atoms with Crippen molar-refractivity contribution in [3.05, 3.63) is 0 Å². The first-order chi connectivity index (χ1) is 9.43. The molecule has 0 aromatic heterocycles. The first-order valence-electron chi connectivity index (χ1n) is 7.25. The van der Waals surface area contributed by atoms with Crippen LogP contribution in [0.2, 0.25) is 0 Å². The van der Waals surface area contributed by atoms with E-state index in [1.165, 1.54) is 7.11 Å². The van der Waals surface area contributed by atoms with Crippen LogP contribution in [0.4, 0.5) is 0 Å². The molecule has 2 heterocycles. The van der Waals surface area contributed by atoms with E-state index < -0.39 is 30.7 Å². The topological polar surface area (TPSA) is 77.4 Å². The Morgan fingerprint density at radius 1 is 1.15 bits per heavy atom. The van der Waals surface area contributed by atoms with Gasteiger partial charge < -0.3 is 29.2 Å². The lowest BCUT2D eigenvalue weighted by Gasteiger charge is -2.47. The third-order valence-corrected chi connectivity index (χ3v) is 3.90. The Bertz CT molecular complexity index is 308. The van der Waals surface area contributed by atoms with E-state index in [2.05, 4.69) is 20.8 Å². The average molecular weight is 290 g/mol. The third kappa shape index (κ3) is 3.32. The van der Waals surface area contributed by atoms with E-state index in [0.717, 1.165) is 6.42 Å². The normalized spacial score (nSPS) is 43.4. The van der Waals surface area contributed by atoms with Gasteiger partial charge in [-0.15, -0.1) is 0 Å². The van der Waals surface area contributed by atoms with E-state index in [1.807, 2.05) is 0 Å². The Labute approximate surface area is 120 Å². The van der Waals surface area contributed by atoms with Gasteiger partial charge in [0.15, 0.2) is 12.6 Å². The second kappa shape index (κ2) is 6.68. The van der Waals surface area contributed by atoms with Crippen LogP contribution < -0.4 is 0 Å². The van der Waals surface area contributed by atoms with Crippen LogP contribution in [0.5, 0.6) is 0 Å². The number of aliphatic hydroxyl groups excluding tert-OH is 2. The lowest BCUT2D eigenvalue weighted by atomic mass is 9.95. The van der Waals surface area contributed by atoms with Gasteiger partial charge >= 0.3 is 0 Å². The largest absolute Gasteiger partial charge is 0.387 e. The number of methoxy groups -OCH3 is 1. The highest BCUT2D eigenvalue weighted by atomic mass is 16.7. The molecule has 2 aliphatic heterocycles. The van der Waals surface area contributed by atoms with Crippen LogP contribution >= 0.6 is 0 Å². The molecule has 7 unspecified atom stereocenters. The van der Waals surface area contributed by atoms with Crippen LogP contribution in [0.15, 0.2) is 0 Å². The molecule has 0 radical (unpaired) electrons. The molecule has 0 aliphatic carbocycles. The molecule has 6 nitrogen and oxygen atoms in total. The van der Waals surface area contributed by atoms with Crippen molar-refractivity contribution >= 4 is 0 Å². The van der Waals surface area contributed by atoms with E-state index in [9.17, 15) is 10.2 Å². The maximum Gasteiger partial charge on any atom is 0.186 e. The summed E-state index contributed by atoms with van der Waals surface area (Å²) in [4.78, 5) is 0. The number of rotatable bonds is 4. The van der Waals surface area contributed by atoms with Gasteiger partial charge in [0.05, 0.1) is 6.61 Å². The van der Waals surface area contributed by atoms with E-state index in [1.54, 1.807) is 0 Å². The van der Waals surface area contributed by atoms with Crippen LogP contribution in [-0.4, -0.2) is 60.9 Å². The van der Waals surface area contributed by atoms with Crippen LogP contribution in [-0.2, 0) is 18.9 Å². The Kier molecular flexibility index (Phi) is 5.39. The second-order valence-electron chi connectivity index (χ2n) is 6.17. The van der Waals surface area contributed by atoms with Crippen molar-refractivity contribution in [2.45, 2.75) is 64.2 Å². The zero-order valence-corrected chi connectivity index (χ0v) is 12.6. The summed E-state index contributed by atoms with van der Waals surface area (Å²) in [6, 6.07) is 0. The lowest BCUT2D eigenvalue weighted by Crippen LogP contribution is -2.63. The Balaban J connectivity index is 1.98. The lowest BCUT2D eigenvalue weighted by molar-refractivity contribution is -0.362. The second-order valence-corrected chi connectivity index (χ2v) is 6.17. The third-order valence-electron chi connectivity index (χ3n) is 3.90. The molecule has 2 aliphatic rings. The molecule has 0 saturated carbocycles. The van der Waals surface area contributed by atoms with Gasteiger partial charge in [0.1, 0.15) is 24.4 Å². The molecule has 7 atom stereocenters. The van der Waals surface area contributed by atoms with Gasteiger partial charge in [-0.3, -0.25) is 0 Å². The summed E-state index contributed by atoms with van der Waals surface area (Å²) in [5.41, 5.74) is 0. The zero-order chi connectivity index (χ0) is 14.9. The Morgan fingerprint density at radius 3 is 2.45 bits per heavy atom. The number of ether oxygens (including phenoxy) is 4. The minimum atomic E-state index is -1.11. The molecule has 2 N–H and O–H groups in total. The molecule has 0 amide bonds. The molecule has 6 heteroatoms. The molecule has 0 aromatic rings. The minimum absolute atomic E-state index is 0.223. The molecular formula is C14H26O6. The van der Waals surface area contributed by atoms with E-state index in [4.69, 9.17) is 18.9 Å². The van der Waals surface area contributed by atoms with Crippen molar-refractivity contribution in [1.29, 1.82) is 0 Å². The molecule has 0 spiro atoms. The fraction of sp³-hybridized carbons (Fsp3) is 1.00. The highest BCUT2D eigenvalue weighted by Gasteiger charge is 2.49. The predicted octanol–water partition coefficient (Wildman–Crippen LogP) is 0.503. The van der Waals surface area contributed by atoms with Crippen molar-refractivity contribution < 1.29 is 29.2 Å². The highest BCUT2D eigenvalue weighted by molar-refractivity contribution is 4.92. The SMILES string of the molecule is COC1OC2COC(C(C)CC(C)C)OC2C(O)C1O. The quantitative estimate of drug-likeness (QED) is 0.785. The van der Waals surface area contributed by atoms with Crippen molar-refractivity contribution in [3.8, 4) is 0 Å². The molecule has 118 valence electrons. The van der Waals surface area contributed by atoms with Crippen LogP contribution in [0.3, 0.4) is 0 Å². The van der Waals surface area contributed by atoms with Crippen LogP contribution in [0, 0.1) is 11.8 Å². The van der Waals surface area contributed by atoms with Gasteiger partial charge in [-0.1, -0.05) is 20.8 Å². The highest BCUT2D eigenvalue weighted by Crippen LogP contribution is 2.31. The molecule has 2 fully saturated rings. The molecule has 2 saturated heterocycles. The van der Waals surface area contributed by atoms with E-state index >= 15 is 0 Å². The molecular weight excluding hydrogens is 264 g/mol. The van der Waals surface area contributed by atoms with Crippen LogP contribution in [0.25, 0.3) is 0 Å². The van der Waals surface area contributed by atoms with Gasteiger partial charge in [0.2, 0.25) is 0 Å². The summed E-state index contributed by atoms with van der Waals surface area (Å²) in [6.07, 6.45) is -3.38. The smallest absolute Gasteiger partial charge is 0.186 e. The van der Waals surface area contributed by atoms with Crippen molar-refractivity contribution in [1.82, 2.24) is 0 Å². The number of aliphatic hydroxyl groups is 2. The van der Waals surface area contributed by atoms with Gasteiger partial charge in [-0.2, -0.15) is 0 Å². The monoisotopic (exact) mass is 290 g/mol. The van der Waals surface area contributed by atoms with E-state index in [0.29, 0.717) is 12.5 Å². The van der Waals surface area contributed by atoms with Gasteiger partial charge in [-0.05, 0) is 12.3 Å². The summed E-state index contributed by atoms with van der Waals surface area (Å²) in [6.45, 7) is 6.69. The summed E-state index contributed by atoms with van der Waals surface area (Å²) >= 11 is 0. The molecule has 20 heavy (non-hydrogen) atoms. The predicted molar refractivity (Wildman–Crippen MR) is 70.9 cm³/mol. The maximum atomic E-state index is 10.2. The van der Waals surface area contributed by atoms with Gasteiger partial charge in [0, 0.05) is 13.0 Å². The Morgan fingerprint density at radius 2 is 1.85 bits per heavy atom. The number of hydrogen-bond donors (Lipinski definition) is 2. The van der Waals surface area contributed by atoms with Crippen molar-refractivity contribution in [2.24, 2.45) is 11.8 Å². The minimum Gasteiger partial charge on any atom is -0.387 e. The fourth-order valence-electron chi connectivity index (χ4n) is 2.94. The average Bonchev–Trinajstić information content (AvgIpc) is 2.41. The number of hydrogen-bond acceptors (Lipinski definition) is 6. The zero-order valence-electron chi connectivity index (χ0n) is 12.6. The molecule has 2 rings (SSSR count). The fourth-order valence-corrected chi connectivity index (χ4v) is 2.94. The Hall–Kier alpha value is -0.240. The van der Waals surface area contributed by atoms with Crippen molar-refractivity contribution in [2.75, 3.05) is 13.7 Å². The van der Waals surface area contributed by atoms with E-state index in [-0.39, 0.29) is 12.2 Å². The summed E-state index contributed by atoms with van der Waals surface area (Å²) in [7, 11) is 1.43. The summed E-state index contributed by atoms with van der Waals surface area (Å²) in [5, 5.41) is 20.1. The molecule has 0 aromatic carbocycles. The summed E-state index contributed by atoms with van der Waals surface area (Å²) < 4.78 is 22.1. The maximum absolute atomic E-state index is 10.2. The standard InChI is InChI=1S/C14H26O6/c1-7(2)5-8(3)13-18-6-9-12(20-13)10(15)11(16)14(17-4)19-9/h7-16H,5-6H2,1-4H3. The molecule has 0 bridgehead atoms. The summed E-state index contributed by atoms with van der Waals surface area (Å²) in [5.74, 6) is 0.770. The first-order valence-corrected chi connectivity index (χ1v) is 7.25. The van der Waals surface area contributed by atoms with Crippen LogP contribution in [0.1, 0.15) is 27.2 Å². The first kappa shape index (κ1) is 16.1. The van der Waals surface area contributed by atoms with Gasteiger partial charge in [-0.25, -0.2) is 0 Å². The van der Waals surface area contributed by atoms with Gasteiger partial charge in [0.25, 0.3) is 0 Å².